The largest absolute Gasteiger partial charge is 0.376 e. The van der Waals surface area contributed by atoms with Gasteiger partial charge in [-0.15, -0.1) is 0 Å². The molecule has 0 bridgehead atoms. The van der Waals surface area contributed by atoms with Gasteiger partial charge in [0.1, 0.15) is 0 Å². The van der Waals surface area contributed by atoms with Crippen LogP contribution < -0.4 is 10.6 Å². The fourth-order valence-corrected chi connectivity index (χ4v) is 2.86. The molecule has 1 saturated heterocycles. The first-order valence-corrected chi connectivity index (χ1v) is 8.38. The summed E-state index contributed by atoms with van der Waals surface area (Å²) in [5, 5.41) is 6.71. The SMILES string of the molecule is CCNC(=NCC1CCCO1)NCCc1cc(C)cc(C)c1. The summed E-state index contributed by atoms with van der Waals surface area (Å²) in [6, 6.07) is 6.72. The monoisotopic (exact) mass is 303 g/mol. The summed E-state index contributed by atoms with van der Waals surface area (Å²) >= 11 is 0. The molecular weight excluding hydrogens is 274 g/mol. The van der Waals surface area contributed by atoms with Gasteiger partial charge in [-0.25, -0.2) is 0 Å². The van der Waals surface area contributed by atoms with Gasteiger partial charge in [0, 0.05) is 19.7 Å². The molecular formula is C18H29N3O. The van der Waals surface area contributed by atoms with E-state index < -0.39 is 0 Å². The van der Waals surface area contributed by atoms with Crippen molar-refractivity contribution in [2.45, 2.75) is 46.1 Å². The Kier molecular flexibility index (Phi) is 6.72. The third kappa shape index (κ3) is 5.68. The Hall–Kier alpha value is -1.55. The second-order valence-electron chi connectivity index (χ2n) is 6.03. The Labute approximate surface area is 134 Å². The third-order valence-electron chi connectivity index (χ3n) is 3.81. The average molecular weight is 303 g/mol. The smallest absolute Gasteiger partial charge is 0.191 e. The first kappa shape index (κ1) is 16.8. The van der Waals surface area contributed by atoms with Crippen LogP contribution in [0.2, 0.25) is 0 Å². The molecule has 2 N–H and O–H groups in total. The van der Waals surface area contributed by atoms with Crippen molar-refractivity contribution in [1.29, 1.82) is 0 Å². The maximum absolute atomic E-state index is 5.62. The molecule has 1 atom stereocenters. The van der Waals surface area contributed by atoms with E-state index in [1.165, 1.54) is 16.7 Å². The number of aliphatic imine (C=N–C) groups is 1. The normalized spacial score (nSPS) is 18.5. The predicted molar refractivity (Wildman–Crippen MR) is 92.6 cm³/mol. The maximum atomic E-state index is 5.62. The van der Waals surface area contributed by atoms with E-state index in [0.29, 0.717) is 6.10 Å². The second-order valence-corrected chi connectivity index (χ2v) is 6.03. The molecule has 1 heterocycles. The minimum Gasteiger partial charge on any atom is -0.376 e. The van der Waals surface area contributed by atoms with Gasteiger partial charge in [0.05, 0.1) is 12.6 Å². The molecule has 0 amide bonds. The van der Waals surface area contributed by atoms with Crippen LogP contribution in [0.25, 0.3) is 0 Å². The molecule has 0 spiro atoms. The molecule has 2 rings (SSSR count). The maximum Gasteiger partial charge on any atom is 0.191 e. The van der Waals surface area contributed by atoms with Crippen molar-refractivity contribution >= 4 is 5.96 Å². The van der Waals surface area contributed by atoms with Gasteiger partial charge >= 0.3 is 0 Å². The molecule has 4 heteroatoms. The average Bonchev–Trinajstić information content (AvgIpc) is 2.97. The van der Waals surface area contributed by atoms with E-state index in [2.05, 4.69) is 54.6 Å². The van der Waals surface area contributed by atoms with Crippen molar-refractivity contribution < 1.29 is 4.74 Å². The van der Waals surface area contributed by atoms with Crippen LogP contribution in [0.4, 0.5) is 0 Å². The van der Waals surface area contributed by atoms with Gasteiger partial charge in [-0.05, 0) is 45.6 Å². The van der Waals surface area contributed by atoms with E-state index in [-0.39, 0.29) is 0 Å². The van der Waals surface area contributed by atoms with Crippen LogP contribution in [0.3, 0.4) is 0 Å². The zero-order valence-electron chi connectivity index (χ0n) is 14.1. The predicted octanol–water partition coefficient (Wildman–Crippen LogP) is 2.58. The number of rotatable bonds is 6. The number of guanidine groups is 1. The third-order valence-corrected chi connectivity index (χ3v) is 3.81. The molecule has 0 saturated carbocycles. The zero-order valence-corrected chi connectivity index (χ0v) is 14.1. The van der Waals surface area contributed by atoms with Gasteiger partial charge in [-0.2, -0.15) is 0 Å². The van der Waals surface area contributed by atoms with Gasteiger partial charge in [0.25, 0.3) is 0 Å². The molecule has 1 aromatic rings. The van der Waals surface area contributed by atoms with Crippen molar-refractivity contribution in [3.05, 3.63) is 34.9 Å². The van der Waals surface area contributed by atoms with Crippen LogP contribution in [0.5, 0.6) is 0 Å². The Morgan fingerprint density at radius 3 is 2.64 bits per heavy atom. The van der Waals surface area contributed by atoms with Crippen LogP contribution in [-0.2, 0) is 11.2 Å². The number of nitrogens with one attached hydrogen (secondary N) is 2. The molecule has 1 fully saturated rings. The number of benzene rings is 1. The highest BCUT2D eigenvalue weighted by molar-refractivity contribution is 5.79. The van der Waals surface area contributed by atoms with E-state index in [1.807, 2.05) is 0 Å². The fraction of sp³-hybridized carbons (Fsp3) is 0.611. The topological polar surface area (TPSA) is 45.7 Å². The van der Waals surface area contributed by atoms with E-state index in [0.717, 1.165) is 51.5 Å². The first-order chi connectivity index (χ1) is 10.7. The lowest BCUT2D eigenvalue weighted by Gasteiger charge is -2.13. The van der Waals surface area contributed by atoms with Gasteiger partial charge < -0.3 is 15.4 Å². The van der Waals surface area contributed by atoms with Crippen LogP contribution in [0.15, 0.2) is 23.2 Å². The Bertz CT molecular complexity index is 473. The standard InChI is InChI=1S/C18H29N3O/c1-4-19-18(21-13-17-6-5-9-22-17)20-8-7-16-11-14(2)10-15(3)12-16/h10-12,17H,4-9,13H2,1-3H3,(H2,19,20,21). The summed E-state index contributed by atoms with van der Waals surface area (Å²) in [5.41, 5.74) is 4.03. The minimum atomic E-state index is 0.301. The van der Waals surface area contributed by atoms with Crippen molar-refractivity contribution in [3.8, 4) is 0 Å². The molecule has 122 valence electrons. The number of ether oxygens (including phenoxy) is 1. The van der Waals surface area contributed by atoms with Crippen LogP contribution >= 0.6 is 0 Å². The molecule has 1 aliphatic heterocycles. The van der Waals surface area contributed by atoms with E-state index in [1.54, 1.807) is 0 Å². The zero-order chi connectivity index (χ0) is 15.8. The highest BCUT2D eigenvalue weighted by Crippen LogP contribution is 2.12. The van der Waals surface area contributed by atoms with Crippen LogP contribution in [0.1, 0.15) is 36.5 Å². The Morgan fingerprint density at radius 1 is 1.23 bits per heavy atom. The molecule has 0 radical (unpaired) electrons. The molecule has 4 nitrogen and oxygen atoms in total. The number of nitrogens with zero attached hydrogens (tertiary/aromatic N) is 1. The summed E-state index contributed by atoms with van der Waals surface area (Å²) in [7, 11) is 0. The van der Waals surface area contributed by atoms with Crippen molar-refractivity contribution in [2.24, 2.45) is 4.99 Å². The second kappa shape index (κ2) is 8.79. The molecule has 1 unspecified atom stereocenters. The number of hydrogen-bond donors (Lipinski definition) is 2. The van der Waals surface area contributed by atoms with Gasteiger partial charge in [0.15, 0.2) is 5.96 Å². The van der Waals surface area contributed by atoms with Crippen molar-refractivity contribution in [3.63, 3.8) is 0 Å². The summed E-state index contributed by atoms with van der Waals surface area (Å²) in [4.78, 5) is 4.63. The summed E-state index contributed by atoms with van der Waals surface area (Å²) in [6.07, 6.45) is 3.60. The quantitative estimate of drug-likeness (QED) is 0.627. The molecule has 0 aliphatic carbocycles. The van der Waals surface area contributed by atoms with Gasteiger partial charge in [0.2, 0.25) is 0 Å². The number of aryl methyl sites for hydroxylation is 2. The lowest BCUT2D eigenvalue weighted by Crippen LogP contribution is -2.39. The Balaban J connectivity index is 1.81. The molecule has 0 aromatic heterocycles. The fourth-order valence-electron chi connectivity index (χ4n) is 2.86. The van der Waals surface area contributed by atoms with E-state index >= 15 is 0 Å². The first-order valence-electron chi connectivity index (χ1n) is 8.38. The highest BCUT2D eigenvalue weighted by Gasteiger charge is 2.14. The van der Waals surface area contributed by atoms with Gasteiger partial charge in [-0.1, -0.05) is 29.3 Å². The Morgan fingerprint density at radius 2 is 2.00 bits per heavy atom. The summed E-state index contributed by atoms with van der Waals surface area (Å²) in [5.74, 6) is 0.891. The highest BCUT2D eigenvalue weighted by atomic mass is 16.5. The minimum absolute atomic E-state index is 0.301. The summed E-state index contributed by atoms with van der Waals surface area (Å²) < 4.78 is 5.62. The van der Waals surface area contributed by atoms with Crippen LogP contribution in [0, 0.1) is 13.8 Å². The van der Waals surface area contributed by atoms with E-state index in [4.69, 9.17) is 4.74 Å². The van der Waals surface area contributed by atoms with Crippen molar-refractivity contribution in [1.82, 2.24) is 10.6 Å². The van der Waals surface area contributed by atoms with E-state index in [9.17, 15) is 0 Å². The lowest BCUT2D eigenvalue weighted by atomic mass is 10.1. The van der Waals surface area contributed by atoms with Crippen molar-refractivity contribution in [2.75, 3.05) is 26.2 Å². The lowest BCUT2D eigenvalue weighted by molar-refractivity contribution is 0.117. The van der Waals surface area contributed by atoms with Gasteiger partial charge in [-0.3, -0.25) is 4.99 Å². The molecule has 1 aliphatic rings. The molecule has 22 heavy (non-hydrogen) atoms. The van der Waals surface area contributed by atoms with Crippen LogP contribution in [-0.4, -0.2) is 38.3 Å². The summed E-state index contributed by atoms with van der Waals surface area (Å²) in [6.45, 7) is 9.79. The number of hydrogen-bond acceptors (Lipinski definition) is 2. The molecule has 1 aromatic carbocycles.